The van der Waals surface area contributed by atoms with Gasteiger partial charge in [-0.1, -0.05) is 41.9 Å². The van der Waals surface area contributed by atoms with E-state index in [2.05, 4.69) is 6.07 Å². The summed E-state index contributed by atoms with van der Waals surface area (Å²) >= 11 is 5.79. The van der Waals surface area contributed by atoms with Crippen LogP contribution in [0.5, 0.6) is 0 Å². The van der Waals surface area contributed by atoms with Gasteiger partial charge in [-0.2, -0.15) is 5.26 Å². The van der Waals surface area contributed by atoms with Crippen molar-refractivity contribution in [2.75, 3.05) is 0 Å². The van der Waals surface area contributed by atoms with Crippen molar-refractivity contribution in [1.82, 2.24) is 0 Å². The van der Waals surface area contributed by atoms with Crippen molar-refractivity contribution in [2.24, 2.45) is 5.92 Å². The predicted molar refractivity (Wildman–Crippen MR) is 80.7 cm³/mol. The van der Waals surface area contributed by atoms with Crippen molar-refractivity contribution in [1.29, 1.82) is 5.26 Å². The van der Waals surface area contributed by atoms with E-state index >= 15 is 0 Å². The van der Waals surface area contributed by atoms with Crippen molar-refractivity contribution >= 4 is 21.4 Å². The number of halogens is 1. The Balaban J connectivity index is 1.97. The summed E-state index contributed by atoms with van der Waals surface area (Å²) in [6.45, 7) is 0. The summed E-state index contributed by atoms with van der Waals surface area (Å²) < 4.78 is 25.3. The Hall–Kier alpha value is -1.83. The first-order valence-electron chi connectivity index (χ1n) is 6.50. The second-order valence-corrected chi connectivity index (χ2v) is 7.60. The number of benzene rings is 2. The highest BCUT2D eigenvalue weighted by Gasteiger charge is 2.59. The third-order valence-electron chi connectivity index (χ3n) is 3.79. The van der Waals surface area contributed by atoms with E-state index in [0.29, 0.717) is 5.02 Å². The maximum atomic E-state index is 12.7. The molecule has 3 atom stereocenters. The normalized spacial score (nSPS) is 24.3. The maximum Gasteiger partial charge on any atom is 0.183 e. The zero-order chi connectivity index (χ0) is 15.0. The van der Waals surface area contributed by atoms with Crippen LogP contribution in [0, 0.1) is 17.2 Å². The van der Waals surface area contributed by atoms with Crippen molar-refractivity contribution in [3.63, 3.8) is 0 Å². The van der Waals surface area contributed by atoms with E-state index in [4.69, 9.17) is 11.6 Å². The molecule has 0 amide bonds. The van der Waals surface area contributed by atoms with E-state index < -0.39 is 21.0 Å². The van der Waals surface area contributed by atoms with Crippen LogP contribution in [0.2, 0.25) is 5.02 Å². The zero-order valence-electron chi connectivity index (χ0n) is 11.0. The Morgan fingerprint density at radius 2 is 1.62 bits per heavy atom. The molecule has 2 aromatic rings. The lowest BCUT2D eigenvalue weighted by Crippen LogP contribution is -2.10. The number of nitrogens with zero attached hydrogens (tertiary/aromatic N) is 1. The SMILES string of the molecule is N#CC1C(c2ccccc2)C1S(=O)(=O)c1ccc(Cl)cc1. The highest BCUT2D eigenvalue weighted by Crippen LogP contribution is 2.53. The molecule has 1 aliphatic carbocycles. The van der Waals surface area contributed by atoms with Crippen LogP contribution < -0.4 is 0 Å². The molecule has 1 saturated carbocycles. The molecule has 0 spiro atoms. The second kappa shape index (κ2) is 5.18. The van der Waals surface area contributed by atoms with Crippen LogP contribution in [0.4, 0.5) is 0 Å². The Morgan fingerprint density at radius 1 is 1.00 bits per heavy atom. The van der Waals surface area contributed by atoms with Gasteiger partial charge >= 0.3 is 0 Å². The topological polar surface area (TPSA) is 57.9 Å². The largest absolute Gasteiger partial charge is 0.223 e. The van der Waals surface area contributed by atoms with Crippen LogP contribution in [-0.4, -0.2) is 13.7 Å². The van der Waals surface area contributed by atoms with Crippen LogP contribution in [0.1, 0.15) is 11.5 Å². The highest BCUT2D eigenvalue weighted by atomic mass is 35.5. The van der Waals surface area contributed by atoms with Gasteiger partial charge in [0, 0.05) is 10.9 Å². The van der Waals surface area contributed by atoms with E-state index in [1.54, 1.807) is 12.1 Å². The Kier molecular flexibility index (Phi) is 3.48. The third kappa shape index (κ3) is 2.44. The summed E-state index contributed by atoms with van der Waals surface area (Å²) in [7, 11) is -3.52. The molecule has 0 N–H and O–H groups in total. The van der Waals surface area contributed by atoms with E-state index in [0.717, 1.165) is 5.56 Å². The van der Waals surface area contributed by atoms with Gasteiger partial charge in [0.15, 0.2) is 9.84 Å². The minimum Gasteiger partial charge on any atom is -0.223 e. The minimum atomic E-state index is -3.52. The molecular weight excluding hydrogens is 306 g/mol. The Labute approximate surface area is 128 Å². The molecule has 3 unspecified atom stereocenters. The molecule has 5 heteroatoms. The molecule has 0 bridgehead atoms. The molecule has 0 aromatic heterocycles. The van der Waals surface area contributed by atoms with Gasteiger partial charge in [-0.05, 0) is 29.8 Å². The molecule has 3 nitrogen and oxygen atoms in total. The maximum absolute atomic E-state index is 12.7. The van der Waals surface area contributed by atoms with Crippen molar-refractivity contribution in [2.45, 2.75) is 16.1 Å². The summed E-state index contributed by atoms with van der Waals surface area (Å²) in [4.78, 5) is 0.218. The molecular formula is C16H12ClNO2S. The first kappa shape index (κ1) is 14.1. The van der Waals surface area contributed by atoms with E-state index in [9.17, 15) is 13.7 Å². The predicted octanol–water partition coefficient (Wildman–Crippen LogP) is 3.42. The Morgan fingerprint density at radius 3 is 2.19 bits per heavy atom. The van der Waals surface area contributed by atoms with Gasteiger partial charge in [0.1, 0.15) is 0 Å². The molecule has 0 heterocycles. The lowest BCUT2D eigenvalue weighted by atomic mass is 10.1. The molecule has 21 heavy (non-hydrogen) atoms. The van der Waals surface area contributed by atoms with E-state index in [1.165, 1.54) is 12.1 Å². The zero-order valence-corrected chi connectivity index (χ0v) is 12.6. The lowest BCUT2D eigenvalue weighted by Gasteiger charge is -2.04. The fourth-order valence-electron chi connectivity index (χ4n) is 2.68. The number of hydrogen-bond acceptors (Lipinski definition) is 3. The number of sulfone groups is 1. The van der Waals surface area contributed by atoms with Gasteiger partial charge in [0.25, 0.3) is 0 Å². The van der Waals surface area contributed by atoms with Crippen molar-refractivity contribution < 1.29 is 8.42 Å². The van der Waals surface area contributed by atoms with E-state index in [-0.39, 0.29) is 10.8 Å². The fraction of sp³-hybridized carbons (Fsp3) is 0.188. The molecule has 0 saturated heterocycles. The van der Waals surface area contributed by atoms with Gasteiger partial charge in [-0.3, -0.25) is 0 Å². The molecule has 3 rings (SSSR count). The molecule has 1 aliphatic rings. The van der Waals surface area contributed by atoms with Gasteiger partial charge in [-0.15, -0.1) is 0 Å². The van der Waals surface area contributed by atoms with Crippen LogP contribution in [0.25, 0.3) is 0 Å². The van der Waals surface area contributed by atoms with Gasteiger partial charge < -0.3 is 0 Å². The fourth-order valence-corrected chi connectivity index (χ4v) is 4.87. The first-order valence-corrected chi connectivity index (χ1v) is 8.42. The molecule has 0 radical (unpaired) electrons. The summed E-state index contributed by atoms with van der Waals surface area (Å²) in [6.07, 6.45) is 0. The molecule has 0 aliphatic heterocycles. The monoisotopic (exact) mass is 317 g/mol. The summed E-state index contributed by atoms with van der Waals surface area (Å²) in [5, 5.41) is 9.04. The Bertz CT molecular complexity index is 794. The molecule has 2 aromatic carbocycles. The smallest absolute Gasteiger partial charge is 0.183 e. The third-order valence-corrected chi connectivity index (χ3v) is 6.27. The van der Waals surface area contributed by atoms with Crippen molar-refractivity contribution in [3.8, 4) is 6.07 Å². The van der Waals surface area contributed by atoms with Gasteiger partial charge in [0.2, 0.25) is 0 Å². The first-order chi connectivity index (χ1) is 10.1. The summed E-state index contributed by atoms with van der Waals surface area (Å²) in [6, 6.07) is 17.5. The molecule has 1 fully saturated rings. The van der Waals surface area contributed by atoms with Crippen molar-refractivity contribution in [3.05, 3.63) is 65.2 Å². The number of rotatable bonds is 3. The minimum absolute atomic E-state index is 0.218. The average molecular weight is 318 g/mol. The second-order valence-electron chi connectivity index (χ2n) is 5.05. The summed E-state index contributed by atoms with van der Waals surface area (Å²) in [5.41, 5.74) is 0.895. The number of hydrogen-bond donors (Lipinski definition) is 0. The van der Waals surface area contributed by atoms with Crippen LogP contribution in [0.15, 0.2) is 59.5 Å². The standard InChI is InChI=1S/C16H12ClNO2S/c17-12-6-8-13(9-7-12)21(19,20)16-14(10-18)15(16)11-4-2-1-3-5-11/h1-9,14-16H. The average Bonchev–Trinajstić information content (AvgIpc) is 3.24. The molecule has 106 valence electrons. The van der Waals surface area contributed by atoms with Crippen LogP contribution in [0.3, 0.4) is 0 Å². The van der Waals surface area contributed by atoms with Gasteiger partial charge in [-0.25, -0.2) is 8.42 Å². The summed E-state index contributed by atoms with van der Waals surface area (Å²) in [5.74, 6) is -0.745. The van der Waals surface area contributed by atoms with E-state index in [1.807, 2.05) is 30.3 Å². The number of nitriles is 1. The van der Waals surface area contributed by atoms with Crippen LogP contribution >= 0.6 is 11.6 Å². The quantitative estimate of drug-likeness (QED) is 0.871. The highest BCUT2D eigenvalue weighted by molar-refractivity contribution is 7.92. The lowest BCUT2D eigenvalue weighted by molar-refractivity contribution is 0.593. The van der Waals surface area contributed by atoms with Crippen LogP contribution in [-0.2, 0) is 9.84 Å². The van der Waals surface area contributed by atoms with Gasteiger partial charge in [0.05, 0.1) is 22.1 Å².